The Morgan fingerprint density at radius 1 is 0.882 bits per heavy atom. The molecule has 68 heavy (non-hydrogen) atoms. The first-order valence-electron chi connectivity index (χ1n) is 22.9. The minimum absolute atomic E-state index is 0.0203. The highest BCUT2D eigenvalue weighted by atomic mass is 16.6. The van der Waals surface area contributed by atoms with Gasteiger partial charge in [-0.2, -0.15) is 0 Å². The van der Waals surface area contributed by atoms with Gasteiger partial charge >= 0.3 is 6.09 Å². The molecule has 372 valence electrons. The number of nitrogens with one attached hydrogen (secondary N) is 6. The lowest BCUT2D eigenvalue weighted by molar-refractivity contribution is -0.136. The number of carbonyl (C=O) groups excluding carboxylic acids is 9. The number of amides is 9. The summed E-state index contributed by atoms with van der Waals surface area (Å²) in [6, 6.07) is 2.65. The number of aliphatic hydroxyl groups excluding tert-OH is 1. The van der Waals surface area contributed by atoms with Crippen LogP contribution >= 0.6 is 0 Å². The van der Waals surface area contributed by atoms with Gasteiger partial charge in [-0.15, -0.1) is 0 Å². The maximum Gasteiger partial charge on any atom is 0.410 e. The van der Waals surface area contributed by atoms with Crippen LogP contribution in [0.2, 0.25) is 0 Å². The van der Waals surface area contributed by atoms with Crippen molar-refractivity contribution in [3.63, 3.8) is 0 Å². The molecule has 1 saturated heterocycles. The number of likely N-dealkylation sites (N-methyl/N-ethyl adjacent to an activating group) is 1. The number of nitrogens with two attached hydrogens (primary N) is 1. The zero-order chi connectivity index (χ0) is 50.1. The number of aliphatic hydroxyl groups is 1. The fraction of sp³-hybridized carbons (Fsp3) is 0.587. The van der Waals surface area contributed by atoms with Crippen molar-refractivity contribution >= 4 is 53.4 Å². The largest absolute Gasteiger partial charge is 0.444 e. The van der Waals surface area contributed by atoms with Gasteiger partial charge in [0.15, 0.2) is 6.10 Å². The fourth-order valence-electron chi connectivity index (χ4n) is 8.06. The molecule has 22 nitrogen and oxygen atoms in total. The molecule has 1 aliphatic heterocycles. The predicted octanol–water partition coefficient (Wildman–Crippen LogP) is -0.0350. The van der Waals surface area contributed by atoms with Crippen molar-refractivity contribution in [3.8, 4) is 0 Å². The van der Waals surface area contributed by atoms with Crippen LogP contribution in [0.4, 0.5) is 4.79 Å². The Labute approximate surface area is 396 Å². The summed E-state index contributed by atoms with van der Waals surface area (Å²) < 4.78 is 5.57. The first-order valence-corrected chi connectivity index (χ1v) is 22.9. The highest BCUT2D eigenvalue weighted by Crippen LogP contribution is 2.27. The van der Waals surface area contributed by atoms with E-state index in [0.29, 0.717) is 24.8 Å². The highest BCUT2D eigenvalue weighted by molar-refractivity contribution is 5.97. The maximum absolute atomic E-state index is 14.2. The molecule has 0 bridgehead atoms. The van der Waals surface area contributed by atoms with Crippen LogP contribution in [-0.2, 0) is 38.3 Å². The second-order valence-corrected chi connectivity index (χ2v) is 18.3. The number of primary amides is 1. The second-order valence-electron chi connectivity index (χ2n) is 18.3. The standard InChI is InChI=1S/C46H67N11O11/c1-7-14-30(38(60)43(65)50-24-35(59)54-37(44(66)56(5)6)28-17-12-9-13-18-28)51-39(61)29-25-57(45(67)68-46(2,3)4)26-33(29)53-40(62)31(19-20-34(47)58)52-42(64)36(27-15-10-8-11-16-27)55-41(63)32-23-48-21-22-49-32/h9,12-13,17-18,21-23,27,29-31,33,36-38,60H,7-8,10-11,14-16,19-20,24-26H2,1-6H3,(H2,47,58)(H,50,65)(H,51,61)(H,52,64)(H,53,62)(H,54,59)(H,55,63)/t29-,30+,31?,33+,36+,37+,38?/m1/s1. The summed E-state index contributed by atoms with van der Waals surface area (Å²) in [4.78, 5) is 131. The second kappa shape index (κ2) is 25.4. The number of rotatable bonds is 21. The Hall–Kier alpha value is -6.71. The fourth-order valence-corrected chi connectivity index (χ4v) is 8.06. The highest BCUT2D eigenvalue weighted by Gasteiger charge is 2.44. The van der Waals surface area contributed by atoms with Gasteiger partial charge in [0.05, 0.1) is 30.7 Å². The van der Waals surface area contributed by atoms with Crippen LogP contribution in [0.25, 0.3) is 0 Å². The van der Waals surface area contributed by atoms with E-state index in [2.05, 4.69) is 41.9 Å². The lowest BCUT2D eigenvalue weighted by Gasteiger charge is -2.31. The summed E-state index contributed by atoms with van der Waals surface area (Å²) in [5.74, 6) is -7.28. The van der Waals surface area contributed by atoms with Gasteiger partial charge in [0.1, 0.15) is 29.4 Å². The number of nitrogens with zero attached hydrogens (tertiary/aromatic N) is 4. The SMILES string of the molecule is CCC[C@H](NC(=O)[C@@H]1CN(C(=O)OC(C)(C)C)C[C@@H]1NC(=O)C(CCC(N)=O)NC(=O)[C@@H](NC(=O)c1cnccn1)C1CCCCC1)C(O)C(=O)NCC(=O)N[C@H](C(=O)N(C)C)c1ccccc1. The van der Waals surface area contributed by atoms with E-state index in [-0.39, 0.29) is 44.0 Å². The van der Waals surface area contributed by atoms with Gasteiger partial charge in [-0.1, -0.05) is 62.9 Å². The monoisotopic (exact) mass is 950 g/mol. The van der Waals surface area contributed by atoms with Gasteiger partial charge < -0.3 is 57.3 Å². The molecule has 2 unspecified atom stereocenters. The lowest BCUT2D eigenvalue weighted by Crippen LogP contribution is -2.59. The molecule has 2 fully saturated rings. The van der Waals surface area contributed by atoms with Crippen molar-refractivity contribution in [2.24, 2.45) is 17.6 Å². The molecule has 0 spiro atoms. The van der Waals surface area contributed by atoms with E-state index in [1.54, 1.807) is 58.0 Å². The van der Waals surface area contributed by atoms with E-state index in [4.69, 9.17) is 10.5 Å². The topological polar surface area (TPSA) is 314 Å². The van der Waals surface area contributed by atoms with Gasteiger partial charge in [0.25, 0.3) is 11.8 Å². The van der Waals surface area contributed by atoms with Gasteiger partial charge in [-0.05, 0) is 57.9 Å². The van der Waals surface area contributed by atoms with Crippen LogP contribution < -0.4 is 37.6 Å². The van der Waals surface area contributed by atoms with Crippen molar-refractivity contribution in [3.05, 3.63) is 60.2 Å². The number of carbonyl (C=O) groups is 9. The van der Waals surface area contributed by atoms with Crippen LogP contribution in [0.1, 0.15) is 108 Å². The first-order chi connectivity index (χ1) is 32.2. The lowest BCUT2D eigenvalue weighted by atomic mass is 9.83. The molecule has 9 amide bonds. The molecule has 1 saturated carbocycles. The normalized spacial score (nSPS) is 18.3. The van der Waals surface area contributed by atoms with Crippen molar-refractivity contribution < 1.29 is 53.0 Å². The quantitative estimate of drug-likeness (QED) is 0.0816. The van der Waals surface area contributed by atoms with Crippen molar-refractivity contribution in [1.29, 1.82) is 0 Å². The zero-order valence-electron chi connectivity index (χ0n) is 39.6. The summed E-state index contributed by atoms with van der Waals surface area (Å²) in [5, 5.41) is 27.1. The zero-order valence-corrected chi connectivity index (χ0v) is 39.6. The number of aromatic nitrogens is 2. The number of hydrogen-bond acceptors (Lipinski definition) is 13. The van der Waals surface area contributed by atoms with E-state index in [0.717, 1.165) is 19.3 Å². The first kappa shape index (κ1) is 53.9. The molecule has 4 rings (SSSR count). The van der Waals surface area contributed by atoms with Crippen LogP contribution in [0.15, 0.2) is 48.9 Å². The third-order valence-corrected chi connectivity index (χ3v) is 11.6. The average molecular weight is 950 g/mol. The van der Waals surface area contributed by atoms with E-state index in [9.17, 15) is 48.3 Å². The molecule has 2 heterocycles. The summed E-state index contributed by atoms with van der Waals surface area (Å²) in [6.07, 6.45) is 5.06. The predicted molar refractivity (Wildman–Crippen MR) is 245 cm³/mol. The molecule has 9 N–H and O–H groups in total. The third kappa shape index (κ3) is 16.3. The van der Waals surface area contributed by atoms with Crippen LogP contribution in [0, 0.1) is 11.8 Å². The number of likely N-dealkylation sites (tertiary alicyclic amines) is 1. The Morgan fingerprint density at radius 3 is 2.18 bits per heavy atom. The van der Waals surface area contributed by atoms with Crippen molar-refractivity contribution in [1.82, 2.24) is 51.7 Å². The number of ether oxygens (including phenoxy) is 1. The number of benzene rings is 1. The van der Waals surface area contributed by atoms with E-state index >= 15 is 0 Å². The van der Waals surface area contributed by atoms with Crippen LogP contribution in [0.5, 0.6) is 0 Å². The Bertz CT molecular complexity index is 2080. The molecule has 1 aliphatic carbocycles. The molecule has 2 aliphatic rings. The Morgan fingerprint density at radius 2 is 1.57 bits per heavy atom. The number of hydrogen-bond donors (Lipinski definition) is 8. The Balaban J connectivity index is 1.52. The van der Waals surface area contributed by atoms with Gasteiger partial charge in [0, 0.05) is 46.0 Å². The van der Waals surface area contributed by atoms with E-state index in [1.807, 2.05) is 0 Å². The maximum atomic E-state index is 14.2. The molecule has 22 heteroatoms. The Kier molecular flexibility index (Phi) is 20.2. The molecule has 0 radical (unpaired) electrons. The van der Waals surface area contributed by atoms with Crippen molar-refractivity contribution in [2.45, 2.75) is 127 Å². The van der Waals surface area contributed by atoms with Gasteiger partial charge in [-0.3, -0.25) is 43.3 Å². The molecule has 1 aromatic carbocycles. The molecule has 1 aromatic heterocycles. The summed E-state index contributed by atoms with van der Waals surface area (Å²) in [6.45, 7) is 5.61. The third-order valence-electron chi connectivity index (χ3n) is 11.6. The van der Waals surface area contributed by atoms with E-state index < -0.39 is 108 Å². The summed E-state index contributed by atoms with van der Waals surface area (Å²) >= 11 is 0. The van der Waals surface area contributed by atoms with Gasteiger partial charge in [-0.25, -0.2) is 9.78 Å². The molecule has 7 atom stereocenters. The van der Waals surface area contributed by atoms with Crippen LogP contribution in [-0.4, -0.2) is 148 Å². The minimum Gasteiger partial charge on any atom is -0.444 e. The molecular weight excluding hydrogens is 883 g/mol. The summed E-state index contributed by atoms with van der Waals surface area (Å²) in [5.41, 5.74) is 5.03. The van der Waals surface area contributed by atoms with E-state index in [1.165, 1.54) is 42.5 Å². The van der Waals surface area contributed by atoms with Crippen molar-refractivity contribution in [2.75, 3.05) is 33.7 Å². The summed E-state index contributed by atoms with van der Waals surface area (Å²) in [7, 11) is 3.07. The molecule has 2 aromatic rings. The smallest absolute Gasteiger partial charge is 0.410 e. The molecular formula is C46H67N11O11. The van der Waals surface area contributed by atoms with Crippen LogP contribution in [0.3, 0.4) is 0 Å². The van der Waals surface area contributed by atoms with Gasteiger partial charge in [0.2, 0.25) is 35.4 Å². The minimum atomic E-state index is -1.86. The average Bonchev–Trinajstić information content (AvgIpc) is 3.74.